The summed E-state index contributed by atoms with van der Waals surface area (Å²) in [6, 6.07) is 14.1. The number of nitrogens with zero attached hydrogens (tertiary/aromatic N) is 1. The number of benzene rings is 2. The normalized spacial score (nSPS) is 11.2. The molecule has 1 heterocycles. The first-order chi connectivity index (χ1) is 12.1. The smallest absolute Gasteiger partial charge is 0.235 e. The van der Waals surface area contributed by atoms with Crippen LogP contribution in [0.4, 0.5) is 0 Å². The van der Waals surface area contributed by atoms with E-state index in [1.807, 2.05) is 26.2 Å². The molecule has 3 aromatic rings. The lowest BCUT2D eigenvalue weighted by Gasteiger charge is -2.11. The molecular formula is C20H21NO4. The lowest BCUT2D eigenvalue weighted by molar-refractivity contribution is 0.281. The predicted octanol–water partition coefficient (Wildman–Crippen LogP) is 3.50. The Morgan fingerprint density at radius 1 is 1.12 bits per heavy atom. The largest absolute Gasteiger partial charge is 0.502 e. The number of ether oxygens (including phenoxy) is 1. The minimum atomic E-state index is -0.436. The molecule has 0 fully saturated rings. The number of aromatic hydroxyl groups is 1. The molecule has 25 heavy (non-hydrogen) atoms. The van der Waals surface area contributed by atoms with Crippen molar-refractivity contribution >= 4 is 11.0 Å². The Balaban J connectivity index is 1.89. The van der Waals surface area contributed by atoms with Gasteiger partial charge in [0, 0.05) is 12.1 Å². The van der Waals surface area contributed by atoms with E-state index >= 15 is 0 Å². The summed E-state index contributed by atoms with van der Waals surface area (Å²) in [5, 5.41) is 10.6. The van der Waals surface area contributed by atoms with Crippen molar-refractivity contribution < 1.29 is 14.3 Å². The van der Waals surface area contributed by atoms with Crippen molar-refractivity contribution in [2.75, 3.05) is 27.2 Å². The van der Waals surface area contributed by atoms with Crippen LogP contribution in [0.15, 0.2) is 57.7 Å². The van der Waals surface area contributed by atoms with Crippen molar-refractivity contribution in [1.29, 1.82) is 0 Å². The summed E-state index contributed by atoms with van der Waals surface area (Å²) >= 11 is 0. The molecule has 0 aliphatic rings. The Bertz CT molecular complexity index is 930. The van der Waals surface area contributed by atoms with Crippen LogP contribution in [0.25, 0.3) is 22.3 Å². The van der Waals surface area contributed by atoms with Crippen molar-refractivity contribution in [2.45, 2.75) is 6.42 Å². The van der Waals surface area contributed by atoms with Gasteiger partial charge in [-0.2, -0.15) is 0 Å². The molecule has 5 nitrogen and oxygen atoms in total. The average molecular weight is 339 g/mol. The van der Waals surface area contributed by atoms with Crippen LogP contribution in [0.1, 0.15) is 6.42 Å². The predicted molar refractivity (Wildman–Crippen MR) is 98.3 cm³/mol. The molecule has 0 aliphatic heterocycles. The van der Waals surface area contributed by atoms with Gasteiger partial charge in [0.15, 0.2) is 5.76 Å². The summed E-state index contributed by atoms with van der Waals surface area (Å²) in [5.41, 5.74) is 0.609. The third-order valence-electron chi connectivity index (χ3n) is 3.89. The highest BCUT2D eigenvalue weighted by molar-refractivity contribution is 5.81. The highest BCUT2D eigenvalue weighted by atomic mass is 16.5. The number of hydrogen-bond acceptors (Lipinski definition) is 5. The van der Waals surface area contributed by atoms with E-state index in [0.717, 1.165) is 13.0 Å². The van der Waals surface area contributed by atoms with Crippen molar-refractivity contribution in [2.24, 2.45) is 0 Å². The fourth-order valence-corrected chi connectivity index (χ4v) is 2.63. The van der Waals surface area contributed by atoms with Gasteiger partial charge in [0.05, 0.1) is 12.0 Å². The van der Waals surface area contributed by atoms with Crippen LogP contribution < -0.4 is 10.2 Å². The average Bonchev–Trinajstić information content (AvgIpc) is 2.62. The van der Waals surface area contributed by atoms with E-state index in [1.165, 1.54) is 0 Å². The lowest BCUT2D eigenvalue weighted by Crippen LogP contribution is -2.15. The van der Waals surface area contributed by atoms with E-state index in [0.29, 0.717) is 28.9 Å². The number of fused-ring (bicyclic) bond motifs is 1. The number of para-hydroxylation sites is 1. The molecule has 130 valence electrons. The van der Waals surface area contributed by atoms with Crippen LogP contribution in [0, 0.1) is 0 Å². The Hall–Kier alpha value is -2.79. The van der Waals surface area contributed by atoms with Gasteiger partial charge in [0.25, 0.3) is 0 Å². The van der Waals surface area contributed by atoms with E-state index in [-0.39, 0.29) is 11.5 Å². The molecule has 0 amide bonds. The monoisotopic (exact) mass is 339 g/mol. The zero-order valence-electron chi connectivity index (χ0n) is 14.4. The molecule has 5 heteroatoms. The highest BCUT2D eigenvalue weighted by Gasteiger charge is 2.15. The van der Waals surface area contributed by atoms with Gasteiger partial charge in [-0.25, -0.2) is 0 Å². The van der Waals surface area contributed by atoms with Gasteiger partial charge in [-0.3, -0.25) is 4.79 Å². The Morgan fingerprint density at radius 3 is 2.72 bits per heavy atom. The molecule has 0 unspecified atom stereocenters. The molecule has 2 aromatic carbocycles. The van der Waals surface area contributed by atoms with Gasteiger partial charge in [0.2, 0.25) is 11.2 Å². The SMILES string of the molecule is CN(C)CCCOc1cccc(-c2oc3ccccc3c(=O)c2O)c1. The van der Waals surface area contributed by atoms with Gasteiger partial charge in [0.1, 0.15) is 11.3 Å². The summed E-state index contributed by atoms with van der Waals surface area (Å²) in [6.45, 7) is 1.54. The van der Waals surface area contributed by atoms with Crippen LogP contribution in [0.2, 0.25) is 0 Å². The molecule has 0 aliphatic carbocycles. The van der Waals surface area contributed by atoms with E-state index in [9.17, 15) is 9.90 Å². The van der Waals surface area contributed by atoms with Crippen molar-refractivity contribution in [3.05, 3.63) is 58.8 Å². The van der Waals surface area contributed by atoms with Crippen LogP contribution >= 0.6 is 0 Å². The first-order valence-corrected chi connectivity index (χ1v) is 8.19. The lowest BCUT2D eigenvalue weighted by atomic mass is 10.1. The van der Waals surface area contributed by atoms with E-state index < -0.39 is 5.43 Å². The van der Waals surface area contributed by atoms with Crippen LogP contribution in [0.5, 0.6) is 11.5 Å². The number of hydrogen-bond donors (Lipinski definition) is 1. The summed E-state index contributed by atoms with van der Waals surface area (Å²) in [5.74, 6) is 0.442. The van der Waals surface area contributed by atoms with Gasteiger partial charge in [-0.15, -0.1) is 0 Å². The summed E-state index contributed by atoms with van der Waals surface area (Å²) in [6.07, 6.45) is 0.910. The summed E-state index contributed by atoms with van der Waals surface area (Å²) in [7, 11) is 4.04. The van der Waals surface area contributed by atoms with Crippen molar-refractivity contribution in [3.63, 3.8) is 0 Å². The number of rotatable bonds is 6. The molecule has 1 aromatic heterocycles. The second kappa shape index (κ2) is 7.40. The van der Waals surface area contributed by atoms with Crippen molar-refractivity contribution in [3.8, 4) is 22.8 Å². The minimum Gasteiger partial charge on any atom is -0.502 e. The zero-order valence-corrected chi connectivity index (χ0v) is 14.4. The quantitative estimate of drug-likeness (QED) is 0.697. The van der Waals surface area contributed by atoms with Gasteiger partial charge in [-0.05, 0) is 44.8 Å². The molecule has 1 N–H and O–H groups in total. The first kappa shape index (κ1) is 17.0. The molecule has 0 radical (unpaired) electrons. The Labute approximate surface area is 146 Å². The second-order valence-corrected chi connectivity index (χ2v) is 6.14. The second-order valence-electron chi connectivity index (χ2n) is 6.14. The van der Waals surface area contributed by atoms with Crippen LogP contribution in [-0.4, -0.2) is 37.3 Å². The highest BCUT2D eigenvalue weighted by Crippen LogP contribution is 2.31. The Kier molecular flexibility index (Phi) is 5.05. The maximum absolute atomic E-state index is 12.3. The minimum absolute atomic E-state index is 0.155. The van der Waals surface area contributed by atoms with E-state index in [4.69, 9.17) is 9.15 Å². The molecular weight excluding hydrogens is 318 g/mol. The molecule has 0 saturated carbocycles. The summed E-state index contributed by atoms with van der Waals surface area (Å²) < 4.78 is 11.5. The third-order valence-corrected chi connectivity index (χ3v) is 3.89. The molecule has 0 atom stereocenters. The molecule has 0 saturated heterocycles. The fourth-order valence-electron chi connectivity index (χ4n) is 2.63. The van der Waals surface area contributed by atoms with Gasteiger partial charge < -0.3 is 19.2 Å². The molecule has 0 spiro atoms. The standard InChI is InChI=1S/C20H21NO4/c1-21(2)11-6-12-24-15-8-5-7-14(13-15)20-19(23)18(22)16-9-3-4-10-17(16)25-20/h3-5,7-10,13,23H,6,11-12H2,1-2H3. The maximum Gasteiger partial charge on any atom is 0.235 e. The fraction of sp³-hybridized carbons (Fsp3) is 0.250. The van der Waals surface area contributed by atoms with E-state index in [2.05, 4.69) is 4.90 Å². The first-order valence-electron chi connectivity index (χ1n) is 8.19. The summed E-state index contributed by atoms with van der Waals surface area (Å²) in [4.78, 5) is 14.4. The molecule has 0 bridgehead atoms. The van der Waals surface area contributed by atoms with E-state index in [1.54, 1.807) is 36.4 Å². The third kappa shape index (κ3) is 3.83. The molecule has 3 rings (SSSR count). The Morgan fingerprint density at radius 2 is 1.92 bits per heavy atom. The zero-order chi connectivity index (χ0) is 17.8. The van der Waals surface area contributed by atoms with Gasteiger partial charge >= 0.3 is 0 Å². The topological polar surface area (TPSA) is 62.9 Å². The van der Waals surface area contributed by atoms with Crippen LogP contribution in [-0.2, 0) is 0 Å². The van der Waals surface area contributed by atoms with Crippen molar-refractivity contribution in [1.82, 2.24) is 4.90 Å². The maximum atomic E-state index is 12.3. The van der Waals surface area contributed by atoms with Crippen LogP contribution in [0.3, 0.4) is 0 Å². The van der Waals surface area contributed by atoms with Gasteiger partial charge in [-0.1, -0.05) is 24.3 Å².